The fraction of sp³-hybridized carbons (Fsp3) is 0.625. The van der Waals surface area contributed by atoms with Crippen LogP contribution < -0.4 is 0 Å². The van der Waals surface area contributed by atoms with Gasteiger partial charge in [-0.2, -0.15) is 11.8 Å². The highest BCUT2D eigenvalue weighted by Crippen LogP contribution is 2.35. The number of thioether (sulfide) groups is 1. The molecule has 1 N–H and O–H groups in total. The van der Waals surface area contributed by atoms with Crippen LogP contribution in [0.2, 0.25) is 5.02 Å². The largest absolute Gasteiger partial charge is 0.385 e. The lowest BCUT2D eigenvalue weighted by atomic mass is 9.84. The molecule has 2 aliphatic rings. The van der Waals surface area contributed by atoms with Crippen LogP contribution in [0.3, 0.4) is 0 Å². The van der Waals surface area contributed by atoms with E-state index in [9.17, 15) is 5.11 Å². The molecule has 2 aliphatic heterocycles. The van der Waals surface area contributed by atoms with Crippen molar-refractivity contribution >= 4 is 23.4 Å². The number of hydrogen-bond donors (Lipinski definition) is 1. The number of halogens is 1. The van der Waals surface area contributed by atoms with Gasteiger partial charge in [-0.25, -0.2) is 0 Å². The van der Waals surface area contributed by atoms with Gasteiger partial charge >= 0.3 is 0 Å². The minimum absolute atomic E-state index is 0.664. The van der Waals surface area contributed by atoms with Gasteiger partial charge in [0.25, 0.3) is 0 Å². The van der Waals surface area contributed by atoms with E-state index in [-0.39, 0.29) is 0 Å². The Morgan fingerprint density at radius 1 is 1.20 bits per heavy atom. The van der Waals surface area contributed by atoms with Gasteiger partial charge in [0, 0.05) is 29.9 Å². The Bertz CT molecular complexity index is 436. The van der Waals surface area contributed by atoms with Gasteiger partial charge in [0.05, 0.1) is 5.60 Å². The first-order valence-corrected chi connectivity index (χ1v) is 9.01. The monoisotopic (exact) mass is 311 g/mol. The molecular weight excluding hydrogens is 290 g/mol. The van der Waals surface area contributed by atoms with Crippen molar-refractivity contribution in [1.29, 1.82) is 0 Å². The van der Waals surface area contributed by atoms with Crippen LogP contribution in [0.1, 0.15) is 31.2 Å². The lowest BCUT2D eigenvalue weighted by Gasteiger charge is -2.43. The maximum Gasteiger partial charge on any atom is 0.0920 e. The van der Waals surface area contributed by atoms with Crippen LogP contribution in [0.15, 0.2) is 24.3 Å². The molecule has 110 valence electrons. The van der Waals surface area contributed by atoms with E-state index >= 15 is 0 Å². The van der Waals surface area contributed by atoms with Crippen molar-refractivity contribution in [2.24, 2.45) is 0 Å². The highest BCUT2D eigenvalue weighted by atomic mass is 35.5. The fourth-order valence-corrected chi connectivity index (χ4v) is 4.63. The Kier molecular flexibility index (Phi) is 4.61. The van der Waals surface area contributed by atoms with Gasteiger partial charge in [-0.15, -0.1) is 0 Å². The number of likely N-dealkylation sites (tertiary alicyclic amines) is 1. The smallest absolute Gasteiger partial charge is 0.0920 e. The van der Waals surface area contributed by atoms with E-state index < -0.39 is 5.60 Å². The van der Waals surface area contributed by atoms with Crippen molar-refractivity contribution in [2.75, 3.05) is 24.6 Å². The maximum absolute atomic E-state index is 10.9. The molecule has 3 rings (SSSR count). The summed E-state index contributed by atoms with van der Waals surface area (Å²) in [6, 6.07) is 8.41. The lowest BCUT2D eigenvalue weighted by Crippen LogP contribution is -2.48. The molecule has 4 heteroatoms. The molecule has 2 saturated heterocycles. The van der Waals surface area contributed by atoms with Gasteiger partial charge in [0.1, 0.15) is 0 Å². The molecule has 1 aromatic carbocycles. The number of hydrogen-bond acceptors (Lipinski definition) is 3. The summed E-state index contributed by atoms with van der Waals surface area (Å²) in [5, 5.41) is 11.6. The Labute approximate surface area is 130 Å². The normalized spacial score (nSPS) is 27.4. The Morgan fingerprint density at radius 2 is 1.90 bits per heavy atom. The predicted octanol–water partition coefficient (Wildman–Crippen LogP) is 3.52. The standard InChI is InChI=1S/C16H22ClNOS/c17-14-5-3-13(4-6-14)16(19)7-9-18(10-8-16)15-2-1-11-20-12-15/h3-6,15,19H,1-2,7-12H2/t15-/m1/s1. The summed E-state index contributed by atoms with van der Waals surface area (Å²) in [4.78, 5) is 2.58. The third-order valence-electron chi connectivity index (χ3n) is 4.66. The van der Waals surface area contributed by atoms with Gasteiger partial charge in [-0.05, 0) is 49.1 Å². The van der Waals surface area contributed by atoms with E-state index in [2.05, 4.69) is 16.7 Å². The number of aliphatic hydroxyl groups is 1. The first-order chi connectivity index (χ1) is 9.67. The fourth-order valence-electron chi connectivity index (χ4n) is 3.32. The molecule has 1 atom stereocenters. The summed E-state index contributed by atoms with van der Waals surface area (Å²) < 4.78 is 0. The zero-order valence-corrected chi connectivity index (χ0v) is 13.3. The van der Waals surface area contributed by atoms with Gasteiger partial charge in [0.2, 0.25) is 0 Å². The molecule has 0 aromatic heterocycles. The Morgan fingerprint density at radius 3 is 2.50 bits per heavy atom. The average Bonchev–Trinajstić information content (AvgIpc) is 2.49. The van der Waals surface area contributed by atoms with E-state index in [0.29, 0.717) is 0 Å². The Hall–Kier alpha value is -0.220. The molecule has 1 aromatic rings. The molecule has 2 nitrogen and oxygen atoms in total. The summed E-state index contributed by atoms with van der Waals surface area (Å²) in [6.07, 6.45) is 4.32. The van der Waals surface area contributed by atoms with E-state index in [4.69, 9.17) is 11.6 Å². The van der Waals surface area contributed by atoms with Gasteiger partial charge in [0.15, 0.2) is 0 Å². The van der Waals surface area contributed by atoms with Gasteiger partial charge in [-0.3, -0.25) is 4.90 Å². The van der Waals surface area contributed by atoms with Crippen LogP contribution in [0, 0.1) is 0 Å². The first-order valence-electron chi connectivity index (χ1n) is 7.48. The van der Waals surface area contributed by atoms with Crippen molar-refractivity contribution in [1.82, 2.24) is 4.90 Å². The zero-order chi connectivity index (χ0) is 14.0. The third kappa shape index (κ3) is 3.16. The van der Waals surface area contributed by atoms with E-state index in [1.165, 1.54) is 24.3 Å². The summed E-state index contributed by atoms with van der Waals surface area (Å²) in [5.41, 5.74) is 0.350. The molecule has 0 unspecified atom stereocenters. The van der Waals surface area contributed by atoms with Crippen LogP contribution >= 0.6 is 23.4 Å². The highest BCUT2D eigenvalue weighted by molar-refractivity contribution is 7.99. The van der Waals surface area contributed by atoms with E-state index in [0.717, 1.165) is 42.6 Å². The molecule has 0 aliphatic carbocycles. The van der Waals surface area contributed by atoms with Crippen molar-refractivity contribution in [3.63, 3.8) is 0 Å². The second-order valence-corrected chi connectivity index (χ2v) is 7.53. The van der Waals surface area contributed by atoms with Crippen LogP contribution in [0.25, 0.3) is 0 Å². The van der Waals surface area contributed by atoms with Crippen molar-refractivity contribution < 1.29 is 5.11 Å². The Balaban J connectivity index is 1.63. The van der Waals surface area contributed by atoms with Crippen molar-refractivity contribution in [3.05, 3.63) is 34.9 Å². The zero-order valence-electron chi connectivity index (χ0n) is 11.7. The maximum atomic E-state index is 10.9. The van der Waals surface area contributed by atoms with Gasteiger partial charge in [-0.1, -0.05) is 23.7 Å². The minimum atomic E-state index is -0.664. The first kappa shape index (κ1) is 14.7. The lowest BCUT2D eigenvalue weighted by molar-refractivity contribution is -0.0344. The summed E-state index contributed by atoms with van der Waals surface area (Å²) in [5.74, 6) is 2.58. The van der Waals surface area contributed by atoms with Crippen molar-refractivity contribution in [3.8, 4) is 0 Å². The third-order valence-corrected chi connectivity index (χ3v) is 6.11. The predicted molar refractivity (Wildman–Crippen MR) is 86.5 cm³/mol. The summed E-state index contributed by atoms with van der Waals surface area (Å²) in [6.45, 7) is 2.01. The topological polar surface area (TPSA) is 23.5 Å². The van der Waals surface area contributed by atoms with Gasteiger partial charge < -0.3 is 5.11 Å². The molecule has 0 spiro atoms. The molecule has 0 amide bonds. The number of rotatable bonds is 2. The van der Waals surface area contributed by atoms with E-state index in [1.807, 2.05) is 24.3 Å². The molecule has 2 heterocycles. The SMILES string of the molecule is OC1(c2ccc(Cl)cc2)CCN([C@@H]2CCCSC2)CC1. The molecule has 0 saturated carbocycles. The second-order valence-electron chi connectivity index (χ2n) is 5.95. The van der Waals surface area contributed by atoms with Crippen LogP contribution in [-0.4, -0.2) is 40.6 Å². The summed E-state index contributed by atoms with van der Waals surface area (Å²) in [7, 11) is 0. The quantitative estimate of drug-likeness (QED) is 0.904. The van der Waals surface area contributed by atoms with E-state index in [1.54, 1.807) is 0 Å². The molecule has 0 bridgehead atoms. The summed E-state index contributed by atoms with van der Waals surface area (Å²) >= 11 is 8.00. The molecule has 2 fully saturated rings. The minimum Gasteiger partial charge on any atom is -0.385 e. The molecular formula is C16H22ClNOS. The van der Waals surface area contributed by atoms with Crippen LogP contribution in [0.4, 0.5) is 0 Å². The molecule has 0 radical (unpaired) electrons. The molecule has 20 heavy (non-hydrogen) atoms. The second kappa shape index (κ2) is 6.27. The number of piperidine rings is 1. The van der Waals surface area contributed by atoms with Crippen LogP contribution in [-0.2, 0) is 5.60 Å². The highest BCUT2D eigenvalue weighted by Gasteiger charge is 2.36. The number of nitrogens with zero attached hydrogens (tertiary/aromatic N) is 1. The number of benzene rings is 1. The van der Waals surface area contributed by atoms with Crippen LogP contribution in [0.5, 0.6) is 0 Å². The average molecular weight is 312 g/mol. The van der Waals surface area contributed by atoms with Crippen molar-refractivity contribution in [2.45, 2.75) is 37.3 Å².